The van der Waals surface area contributed by atoms with E-state index in [9.17, 15) is 0 Å². The van der Waals surface area contributed by atoms with Crippen molar-refractivity contribution in [3.05, 3.63) is 0 Å². The number of hydrogen-bond donors (Lipinski definition) is 0. The molecule has 0 aromatic heterocycles. The molecule has 0 unspecified atom stereocenters. The fourth-order valence-corrected chi connectivity index (χ4v) is 2.68. The first-order valence-electron chi connectivity index (χ1n) is 3.92. The van der Waals surface area contributed by atoms with Crippen molar-refractivity contribution in [2.75, 3.05) is 5.75 Å². The van der Waals surface area contributed by atoms with E-state index < -0.39 is 0 Å². The Bertz CT molecular complexity index is 72.6. The van der Waals surface area contributed by atoms with Gasteiger partial charge in [0.05, 0.1) is 0 Å². The summed E-state index contributed by atoms with van der Waals surface area (Å²) in [6.07, 6.45) is 4.38. The third-order valence-electron chi connectivity index (χ3n) is 1.96. The van der Waals surface area contributed by atoms with Crippen LogP contribution in [0.3, 0.4) is 0 Å². The van der Waals surface area contributed by atoms with Crippen LogP contribution in [0.5, 0.6) is 0 Å². The smallest absolute Gasteiger partial charge is 0.00700 e. The Balaban J connectivity index is 2.23. The van der Waals surface area contributed by atoms with Crippen LogP contribution in [0, 0.1) is 5.92 Å². The molecule has 1 atom stereocenters. The Morgan fingerprint density at radius 2 is 2.11 bits per heavy atom. The molecule has 0 N–H and O–H groups in total. The summed E-state index contributed by atoms with van der Waals surface area (Å²) < 4.78 is 0. The summed E-state index contributed by atoms with van der Waals surface area (Å²) in [5.41, 5.74) is 0. The first kappa shape index (κ1) is 7.46. The van der Waals surface area contributed by atoms with Gasteiger partial charge < -0.3 is 0 Å². The van der Waals surface area contributed by atoms with E-state index in [4.69, 9.17) is 0 Å². The molecule has 1 heteroatoms. The average Bonchev–Trinajstić information content (AvgIpc) is 1.90. The van der Waals surface area contributed by atoms with Crippen molar-refractivity contribution >= 4 is 11.8 Å². The van der Waals surface area contributed by atoms with Crippen molar-refractivity contribution in [1.82, 2.24) is 0 Å². The van der Waals surface area contributed by atoms with E-state index in [1.165, 1.54) is 25.0 Å². The molecule has 1 fully saturated rings. The standard InChI is InChI=1S/C8H16S/c1-7(2)8-5-3-4-6-9-8/h7-8H,3-6H2,1-2H3/t8-/m1/s1. The van der Waals surface area contributed by atoms with E-state index in [1.807, 2.05) is 0 Å². The monoisotopic (exact) mass is 144 g/mol. The van der Waals surface area contributed by atoms with Gasteiger partial charge in [-0.1, -0.05) is 20.3 Å². The summed E-state index contributed by atoms with van der Waals surface area (Å²) in [5, 5.41) is 0.971. The van der Waals surface area contributed by atoms with Gasteiger partial charge in [0.15, 0.2) is 0 Å². The predicted molar refractivity (Wildman–Crippen MR) is 44.9 cm³/mol. The van der Waals surface area contributed by atoms with Crippen molar-refractivity contribution in [1.29, 1.82) is 0 Å². The molecule has 1 saturated heterocycles. The average molecular weight is 144 g/mol. The number of rotatable bonds is 1. The van der Waals surface area contributed by atoms with Crippen molar-refractivity contribution in [2.24, 2.45) is 5.92 Å². The third kappa shape index (κ3) is 2.21. The molecule has 1 aliphatic rings. The molecule has 1 aliphatic heterocycles. The minimum atomic E-state index is 0.898. The third-order valence-corrected chi connectivity index (χ3v) is 3.69. The minimum Gasteiger partial charge on any atom is -0.158 e. The van der Waals surface area contributed by atoms with Gasteiger partial charge >= 0.3 is 0 Å². The van der Waals surface area contributed by atoms with Crippen LogP contribution in [0.2, 0.25) is 0 Å². The highest BCUT2D eigenvalue weighted by atomic mass is 32.2. The SMILES string of the molecule is CC(C)[C@H]1CCCCS1. The first-order chi connectivity index (χ1) is 4.30. The molecule has 9 heavy (non-hydrogen) atoms. The largest absolute Gasteiger partial charge is 0.158 e. The van der Waals surface area contributed by atoms with Gasteiger partial charge in [-0.15, -0.1) is 0 Å². The maximum absolute atomic E-state index is 2.34. The molecule has 1 rings (SSSR count). The highest BCUT2D eigenvalue weighted by molar-refractivity contribution is 7.99. The molecule has 1 heterocycles. The van der Waals surface area contributed by atoms with E-state index in [2.05, 4.69) is 25.6 Å². The molecular formula is C8H16S. The zero-order chi connectivity index (χ0) is 6.69. The molecule has 54 valence electrons. The maximum Gasteiger partial charge on any atom is 0.00700 e. The second-order valence-electron chi connectivity index (χ2n) is 3.15. The molecule has 0 spiro atoms. The van der Waals surface area contributed by atoms with Crippen LogP contribution >= 0.6 is 11.8 Å². The van der Waals surface area contributed by atoms with Crippen molar-refractivity contribution < 1.29 is 0 Å². The highest BCUT2D eigenvalue weighted by Crippen LogP contribution is 2.29. The predicted octanol–water partition coefficient (Wildman–Crippen LogP) is 2.93. The Morgan fingerprint density at radius 1 is 1.33 bits per heavy atom. The topological polar surface area (TPSA) is 0 Å². The fraction of sp³-hybridized carbons (Fsp3) is 1.00. The molecule has 0 saturated carbocycles. The fourth-order valence-electron chi connectivity index (χ4n) is 1.29. The Kier molecular flexibility index (Phi) is 2.90. The Morgan fingerprint density at radius 3 is 2.44 bits per heavy atom. The van der Waals surface area contributed by atoms with Gasteiger partial charge in [0.25, 0.3) is 0 Å². The number of thioether (sulfide) groups is 1. The van der Waals surface area contributed by atoms with Crippen molar-refractivity contribution in [3.8, 4) is 0 Å². The Labute approximate surface area is 62.4 Å². The minimum absolute atomic E-state index is 0.898. The van der Waals surface area contributed by atoms with Crippen LogP contribution in [0.1, 0.15) is 33.1 Å². The van der Waals surface area contributed by atoms with E-state index in [0.29, 0.717) is 0 Å². The Hall–Kier alpha value is 0.350. The molecule has 0 amide bonds. The zero-order valence-corrected chi connectivity index (χ0v) is 7.21. The van der Waals surface area contributed by atoms with Crippen LogP contribution in [0.15, 0.2) is 0 Å². The second kappa shape index (κ2) is 3.50. The lowest BCUT2D eigenvalue weighted by Gasteiger charge is -2.24. The number of hydrogen-bond acceptors (Lipinski definition) is 1. The van der Waals surface area contributed by atoms with Gasteiger partial charge in [-0.3, -0.25) is 0 Å². The second-order valence-corrected chi connectivity index (χ2v) is 4.50. The van der Waals surface area contributed by atoms with Crippen LogP contribution in [-0.4, -0.2) is 11.0 Å². The maximum atomic E-state index is 2.34. The van der Waals surface area contributed by atoms with E-state index >= 15 is 0 Å². The summed E-state index contributed by atoms with van der Waals surface area (Å²) >= 11 is 2.17. The van der Waals surface area contributed by atoms with E-state index in [1.54, 1.807) is 0 Å². The van der Waals surface area contributed by atoms with Gasteiger partial charge in [0, 0.05) is 5.25 Å². The highest BCUT2D eigenvalue weighted by Gasteiger charge is 2.16. The first-order valence-corrected chi connectivity index (χ1v) is 4.97. The van der Waals surface area contributed by atoms with Crippen LogP contribution in [0.25, 0.3) is 0 Å². The van der Waals surface area contributed by atoms with Crippen molar-refractivity contribution in [2.45, 2.75) is 38.4 Å². The van der Waals surface area contributed by atoms with Gasteiger partial charge in [-0.25, -0.2) is 0 Å². The molecule has 0 aliphatic carbocycles. The molecule has 0 bridgehead atoms. The van der Waals surface area contributed by atoms with Gasteiger partial charge in [0.1, 0.15) is 0 Å². The normalized spacial score (nSPS) is 29.0. The zero-order valence-electron chi connectivity index (χ0n) is 6.39. The lowest BCUT2D eigenvalue weighted by Crippen LogP contribution is -2.15. The molecule has 0 aromatic rings. The molecule has 0 nitrogen and oxygen atoms in total. The van der Waals surface area contributed by atoms with Gasteiger partial charge in [-0.05, 0) is 24.5 Å². The summed E-state index contributed by atoms with van der Waals surface area (Å²) in [5.74, 6) is 2.30. The van der Waals surface area contributed by atoms with Crippen LogP contribution < -0.4 is 0 Å². The lowest BCUT2D eigenvalue weighted by molar-refractivity contribution is 0.538. The van der Waals surface area contributed by atoms with Crippen LogP contribution in [-0.2, 0) is 0 Å². The van der Waals surface area contributed by atoms with Gasteiger partial charge in [0.2, 0.25) is 0 Å². The summed E-state index contributed by atoms with van der Waals surface area (Å²) in [7, 11) is 0. The van der Waals surface area contributed by atoms with E-state index in [-0.39, 0.29) is 0 Å². The van der Waals surface area contributed by atoms with Crippen LogP contribution in [0.4, 0.5) is 0 Å². The quantitative estimate of drug-likeness (QED) is 0.545. The molecule has 0 radical (unpaired) electrons. The molecule has 0 aromatic carbocycles. The lowest BCUT2D eigenvalue weighted by atomic mass is 10.0. The summed E-state index contributed by atoms with van der Waals surface area (Å²) in [6, 6.07) is 0. The summed E-state index contributed by atoms with van der Waals surface area (Å²) in [4.78, 5) is 0. The van der Waals surface area contributed by atoms with Crippen molar-refractivity contribution in [3.63, 3.8) is 0 Å². The van der Waals surface area contributed by atoms with E-state index in [0.717, 1.165) is 11.2 Å². The summed E-state index contributed by atoms with van der Waals surface area (Å²) in [6.45, 7) is 4.67. The van der Waals surface area contributed by atoms with Gasteiger partial charge in [-0.2, -0.15) is 11.8 Å². The molecular weight excluding hydrogens is 128 g/mol.